The minimum absolute atomic E-state index is 0.0916. The van der Waals surface area contributed by atoms with Crippen LogP contribution in [0.3, 0.4) is 0 Å². The predicted molar refractivity (Wildman–Crippen MR) is 114 cm³/mol. The molecular formula is C22H23N5O3. The average molecular weight is 405 g/mol. The smallest absolute Gasteiger partial charge is 0.227 e. The van der Waals surface area contributed by atoms with Crippen molar-refractivity contribution in [1.29, 1.82) is 0 Å². The van der Waals surface area contributed by atoms with E-state index < -0.39 is 0 Å². The van der Waals surface area contributed by atoms with Gasteiger partial charge in [-0.25, -0.2) is 9.97 Å². The minimum Gasteiger partial charge on any atom is -0.488 e. The number of aromatic nitrogens is 4. The first kappa shape index (κ1) is 18.8. The molecule has 0 aliphatic heterocycles. The summed E-state index contributed by atoms with van der Waals surface area (Å²) in [5, 5.41) is 31.1. The summed E-state index contributed by atoms with van der Waals surface area (Å²) in [7, 11) is 0. The van der Waals surface area contributed by atoms with Crippen LogP contribution in [-0.2, 0) is 6.61 Å². The van der Waals surface area contributed by atoms with E-state index in [2.05, 4.69) is 25.5 Å². The molecule has 0 saturated heterocycles. The molecule has 1 saturated carbocycles. The normalized spacial score (nSPS) is 19.3. The van der Waals surface area contributed by atoms with E-state index in [0.717, 1.165) is 58.9 Å². The highest BCUT2D eigenvalue weighted by Crippen LogP contribution is 2.30. The van der Waals surface area contributed by atoms with Crippen molar-refractivity contribution in [3.8, 4) is 5.75 Å². The third kappa shape index (κ3) is 3.67. The molecular weight excluding hydrogens is 382 g/mol. The summed E-state index contributed by atoms with van der Waals surface area (Å²) in [6, 6.07) is 11.5. The summed E-state index contributed by atoms with van der Waals surface area (Å²) < 4.78 is 6.23. The van der Waals surface area contributed by atoms with Crippen molar-refractivity contribution < 1.29 is 14.9 Å². The Labute approximate surface area is 172 Å². The SMILES string of the molecule is OCc1n[nH]c2cc(Nc3ncc4cccc(OC5CCC(O)CC5)c4n3)ccc12. The number of benzene rings is 2. The van der Waals surface area contributed by atoms with Crippen molar-refractivity contribution in [1.82, 2.24) is 20.2 Å². The molecule has 1 aliphatic carbocycles. The zero-order valence-electron chi connectivity index (χ0n) is 16.4. The maximum Gasteiger partial charge on any atom is 0.227 e. The van der Waals surface area contributed by atoms with Crippen molar-refractivity contribution in [3.63, 3.8) is 0 Å². The van der Waals surface area contributed by atoms with E-state index >= 15 is 0 Å². The lowest BCUT2D eigenvalue weighted by atomic mass is 9.95. The number of hydrogen-bond donors (Lipinski definition) is 4. The molecule has 0 amide bonds. The van der Waals surface area contributed by atoms with Gasteiger partial charge >= 0.3 is 0 Å². The fraction of sp³-hybridized carbons (Fsp3) is 0.318. The second-order valence-electron chi connectivity index (χ2n) is 7.65. The zero-order valence-corrected chi connectivity index (χ0v) is 16.4. The molecule has 8 heteroatoms. The van der Waals surface area contributed by atoms with Gasteiger partial charge in [-0.1, -0.05) is 12.1 Å². The van der Waals surface area contributed by atoms with Crippen LogP contribution in [0.4, 0.5) is 11.6 Å². The van der Waals surface area contributed by atoms with Crippen LogP contribution in [0.15, 0.2) is 42.6 Å². The van der Waals surface area contributed by atoms with E-state index in [4.69, 9.17) is 4.74 Å². The number of fused-ring (bicyclic) bond motifs is 2. The van der Waals surface area contributed by atoms with E-state index in [1.165, 1.54) is 0 Å². The number of nitrogens with zero attached hydrogens (tertiary/aromatic N) is 3. The van der Waals surface area contributed by atoms with Crippen molar-refractivity contribution >= 4 is 33.4 Å². The first-order valence-electron chi connectivity index (χ1n) is 10.1. The van der Waals surface area contributed by atoms with Crippen LogP contribution in [-0.4, -0.2) is 42.6 Å². The van der Waals surface area contributed by atoms with Gasteiger partial charge in [-0.05, 0) is 49.9 Å². The molecule has 0 radical (unpaired) electrons. The van der Waals surface area contributed by atoms with Crippen LogP contribution < -0.4 is 10.1 Å². The first-order valence-corrected chi connectivity index (χ1v) is 10.1. The molecule has 2 aromatic carbocycles. The quantitative estimate of drug-likeness (QED) is 0.402. The highest BCUT2D eigenvalue weighted by atomic mass is 16.5. The van der Waals surface area contributed by atoms with Crippen molar-refractivity contribution in [2.24, 2.45) is 0 Å². The molecule has 0 atom stereocenters. The topological polar surface area (TPSA) is 116 Å². The van der Waals surface area contributed by atoms with E-state index in [1.54, 1.807) is 6.20 Å². The van der Waals surface area contributed by atoms with Gasteiger partial charge in [0.15, 0.2) is 0 Å². The molecule has 154 valence electrons. The second kappa shape index (κ2) is 7.89. The molecule has 0 unspecified atom stereocenters. The van der Waals surface area contributed by atoms with Gasteiger partial charge in [0.05, 0.1) is 30.0 Å². The number of rotatable bonds is 5. The Hall–Kier alpha value is -3.23. The Bertz CT molecular complexity index is 1180. The number of anilines is 2. The number of ether oxygens (including phenoxy) is 1. The third-order valence-electron chi connectivity index (χ3n) is 5.56. The summed E-state index contributed by atoms with van der Waals surface area (Å²) in [4.78, 5) is 9.11. The maximum absolute atomic E-state index is 9.72. The average Bonchev–Trinajstić information content (AvgIpc) is 3.18. The summed E-state index contributed by atoms with van der Waals surface area (Å²) in [5.74, 6) is 1.20. The summed E-state index contributed by atoms with van der Waals surface area (Å²) >= 11 is 0. The van der Waals surface area contributed by atoms with Gasteiger partial charge in [-0.2, -0.15) is 5.10 Å². The van der Waals surface area contributed by atoms with Gasteiger partial charge in [0.25, 0.3) is 0 Å². The molecule has 1 fully saturated rings. The summed E-state index contributed by atoms with van der Waals surface area (Å²) in [5.41, 5.74) is 3.02. The second-order valence-corrected chi connectivity index (χ2v) is 7.65. The Morgan fingerprint density at radius 3 is 2.83 bits per heavy atom. The van der Waals surface area contributed by atoms with Crippen LogP contribution in [0, 0.1) is 0 Å². The lowest BCUT2D eigenvalue weighted by Crippen LogP contribution is -2.26. The Kier molecular flexibility index (Phi) is 4.94. The van der Waals surface area contributed by atoms with Crippen LogP contribution in [0.1, 0.15) is 31.4 Å². The highest BCUT2D eigenvalue weighted by molar-refractivity contribution is 5.87. The predicted octanol–water partition coefficient (Wildman–Crippen LogP) is 3.42. The van der Waals surface area contributed by atoms with Crippen LogP contribution in [0.25, 0.3) is 21.8 Å². The number of para-hydroxylation sites is 1. The number of hydrogen-bond acceptors (Lipinski definition) is 7. The number of nitrogens with one attached hydrogen (secondary N) is 2. The molecule has 0 spiro atoms. The fourth-order valence-electron chi connectivity index (χ4n) is 3.93. The Balaban J connectivity index is 1.41. The lowest BCUT2D eigenvalue weighted by Gasteiger charge is -2.26. The molecule has 4 aromatic rings. The number of aliphatic hydroxyl groups excluding tert-OH is 2. The highest BCUT2D eigenvalue weighted by Gasteiger charge is 2.21. The lowest BCUT2D eigenvalue weighted by molar-refractivity contribution is 0.0672. The van der Waals surface area contributed by atoms with Gasteiger partial charge in [-0.3, -0.25) is 5.10 Å². The fourth-order valence-corrected chi connectivity index (χ4v) is 3.93. The van der Waals surface area contributed by atoms with Crippen molar-refractivity contribution in [2.45, 2.75) is 44.5 Å². The van der Waals surface area contributed by atoms with E-state index in [9.17, 15) is 10.2 Å². The molecule has 1 aliphatic rings. The van der Waals surface area contributed by atoms with Gasteiger partial charge in [0, 0.05) is 22.7 Å². The van der Waals surface area contributed by atoms with Gasteiger partial charge in [-0.15, -0.1) is 0 Å². The van der Waals surface area contributed by atoms with Crippen LogP contribution in [0.2, 0.25) is 0 Å². The molecule has 0 bridgehead atoms. The number of H-pyrrole nitrogens is 1. The minimum atomic E-state index is -0.212. The standard InChI is InChI=1S/C22H23N5O3/c28-12-19-17-9-4-14(10-18(17)26-27-19)24-22-23-11-13-2-1-3-20(21(13)25-22)30-16-7-5-15(29)6-8-16/h1-4,9-11,15-16,28-29H,5-8,12H2,(H,26,27)(H,23,24,25). The largest absolute Gasteiger partial charge is 0.488 e. The Morgan fingerprint density at radius 2 is 2.00 bits per heavy atom. The first-order chi connectivity index (χ1) is 14.7. The van der Waals surface area contributed by atoms with Crippen LogP contribution in [0.5, 0.6) is 5.75 Å². The number of aromatic amines is 1. The van der Waals surface area contributed by atoms with Gasteiger partial charge in [0.2, 0.25) is 5.95 Å². The molecule has 5 rings (SSSR count). The van der Waals surface area contributed by atoms with Crippen molar-refractivity contribution in [3.05, 3.63) is 48.3 Å². The molecule has 4 N–H and O–H groups in total. The van der Waals surface area contributed by atoms with E-state index in [0.29, 0.717) is 11.6 Å². The summed E-state index contributed by atoms with van der Waals surface area (Å²) in [6.45, 7) is -0.108. The molecule has 2 aromatic heterocycles. The van der Waals surface area contributed by atoms with E-state index in [-0.39, 0.29) is 18.8 Å². The molecule has 30 heavy (non-hydrogen) atoms. The Morgan fingerprint density at radius 1 is 1.13 bits per heavy atom. The van der Waals surface area contributed by atoms with Gasteiger partial charge in [0.1, 0.15) is 11.3 Å². The summed E-state index contributed by atoms with van der Waals surface area (Å²) in [6.07, 6.45) is 4.88. The van der Waals surface area contributed by atoms with Gasteiger partial charge < -0.3 is 20.3 Å². The van der Waals surface area contributed by atoms with E-state index in [1.807, 2.05) is 36.4 Å². The monoisotopic (exact) mass is 405 g/mol. The molecule has 2 heterocycles. The third-order valence-corrected chi connectivity index (χ3v) is 5.56. The zero-order chi connectivity index (χ0) is 20.5. The van der Waals surface area contributed by atoms with Crippen LogP contribution >= 0.6 is 0 Å². The molecule has 8 nitrogen and oxygen atoms in total. The van der Waals surface area contributed by atoms with Crippen molar-refractivity contribution in [2.75, 3.05) is 5.32 Å². The maximum atomic E-state index is 9.72. The number of aliphatic hydroxyl groups is 2.